The highest BCUT2D eigenvalue weighted by molar-refractivity contribution is 6.16. The lowest BCUT2D eigenvalue weighted by Crippen LogP contribution is -2.00. The first-order valence-electron chi connectivity index (χ1n) is 42.4. The summed E-state index contributed by atoms with van der Waals surface area (Å²) in [4.78, 5) is 29.8. The molecule has 12 heteroatoms. The number of hydrogen-bond donors (Lipinski definition) is 0. The second-order valence-corrected chi connectivity index (χ2v) is 32.1. The standard InChI is InChI=1S/2C57H35N5O/c1-4-14-36(15-5-1)55-58-56(37-16-6-2-7-17-37)60-57(59-55)40-26-31-54-48(34-40)47-33-39(25-30-53(47)63-54)38-24-28-51-45(32-38)43-20-10-13-23-50(43)62(51)42-27-29-52-46(35-42)44-21-11-12-22-49(44)61(52)41-18-8-3-9-19-41;1-4-14-36(15-5-1)55-58-56(37-16-6-2-7-17-37)60-57(59-55)40-26-31-54-48(34-40)47-33-39(25-30-53(47)63-54)38-24-29-51-46(32-38)44-21-11-13-23-50(44)62(51)42-27-28-45-43-20-10-12-22-49(43)61(52(45)35-42)41-18-8-3-9-19-41/h2*1-35H. The predicted octanol–water partition coefficient (Wildman–Crippen LogP) is 29.3. The van der Waals surface area contributed by atoms with E-state index in [0.717, 1.165) is 133 Å². The average molecular weight is 1610 g/mol. The number of hydrogen-bond acceptors (Lipinski definition) is 8. The molecule has 0 fully saturated rings. The number of aromatic nitrogens is 10. The Labute approximate surface area is 721 Å². The largest absolute Gasteiger partial charge is 0.456 e. The minimum absolute atomic E-state index is 0.609. The van der Waals surface area contributed by atoms with E-state index < -0.39 is 0 Å². The zero-order valence-electron chi connectivity index (χ0n) is 67.7. The van der Waals surface area contributed by atoms with E-state index in [1.807, 2.05) is 146 Å². The molecule has 8 aromatic heterocycles. The third-order valence-electron chi connectivity index (χ3n) is 24.7. The molecule has 0 saturated carbocycles. The van der Waals surface area contributed by atoms with Crippen LogP contribution in [-0.2, 0) is 0 Å². The van der Waals surface area contributed by atoms with E-state index in [2.05, 4.69) is 297 Å². The maximum atomic E-state index is 6.43. The average Bonchev–Trinajstić information content (AvgIpc) is 1.57. The first-order chi connectivity index (χ1) is 62.4. The molecule has 0 aliphatic rings. The molecule has 0 unspecified atom stereocenters. The van der Waals surface area contributed by atoms with Gasteiger partial charge in [-0.1, -0.05) is 261 Å². The molecule has 26 aromatic rings. The van der Waals surface area contributed by atoms with Gasteiger partial charge in [0.25, 0.3) is 0 Å². The minimum Gasteiger partial charge on any atom is -0.456 e. The molecule has 12 nitrogen and oxygen atoms in total. The maximum Gasteiger partial charge on any atom is 0.164 e. The van der Waals surface area contributed by atoms with E-state index in [-0.39, 0.29) is 0 Å². The lowest BCUT2D eigenvalue weighted by molar-refractivity contribution is 0.668. The van der Waals surface area contributed by atoms with Crippen molar-refractivity contribution in [1.82, 2.24) is 48.2 Å². The third kappa shape index (κ3) is 12.1. The number of fused-ring (bicyclic) bond motifs is 18. The molecule has 0 aliphatic carbocycles. The Kier molecular flexibility index (Phi) is 16.7. The van der Waals surface area contributed by atoms with Crippen molar-refractivity contribution in [1.29, 1.82) is 0 Å². The van der Waals surface area contributed by atoms with Crippen molar-refractivity contribution in [3.8, 4) is 113 Å². The van der Waals surface area contributed by atoms with E-state index >= 15 is 0 Å². The number of benzene rings is 18. The van der Waals surface area contributed by atoms with Crippen LogP contribution in [-0.4, -0.2) is 48.2 Å². The van der Waals surface area contributed by atoms with Crippen LogP contribution in [0, 0.1) is 0 Å². The molecule has 588 valence electrons. The molecule has 0 N–H and O–H groups in total. The smallest absolute Gasteiger partial charge is 0.164 e. The van der Waals surface area contributed by atoms with Gasteiger partial charge in [-0.05, 0) is 186 Å². The Bertz CT molecular complexity index is 8710. The van der Waals surface area contributed by atoms with Gasteiger partial charge in [0.2, 0.25) is 0 Å². The second kappa shape index (κ2) is 29.3. The van der Waals surface area contributed by atoms with Gasteiger partial charge in [-0.3, -0.25) is 0 Å². The maximum absolute atomic E-state index is 6.43. The fourth-order valence-electron chi connectivity index (χ4n) is 18.8. The molecule has 0 bridgehead atoms. The third-order valence-corrected chi connectivity index (χ3v) is 24.7. The van der Waals surface area contributed by atoms with Gasteiger partial charge >= 0.3 is 0 Å². The van der Waals surface area contributed by atoms with Crippen LogP contribution in [0.5, 0.6) is 0 Å². The molecule has 126 heavy (non-hydrogen) atoms. The fraction of sp³-hybridized carbons (Fsp3) is 0. The summed E-state index contributed by atoms with van der Waals surface area (Å²) in [5, 5.41) is 13.8. The predicted molar refractivity (Wildman–Crippen MR) is 515 cm³/mol. The quantitative estimate of drug-likeness (QED) is 0.118. The summed E-state index contributed by atoms with van der Waals surface area (Å²) < 4.78 is 22.4. The first kappa shape index (κ1) is 71.7. The van der Waals surface area contributed by atoms with Crippen LogP contribution in [0.25, 0.3) is 244 Å². The van der Waals surface area contributed by atoms with Gasteiger partial charge in [-0.15, -0.1) is 0 Å². The van der Waals surface area contributed by atoms with E-state index in [0.29, 0.717) is 34.9 Å². The Morgan fingerprint density at radius 3 is 0.730 bits per heavy atom. The number of furan rings is 2. The van der Waals surface area contributed by atoms with Crippen LogP contribution in [0.3, 0.4) is 0 Å². The summed E-state index contributed by atoms with van der Waals surface area (Å²) in [5.74, 6) is 3.74. The Morgan fingerprint density at radius 1 is 0.135 bits per heavy atom. The SMILES string of the molecule is c1ccc(-c2nc(-c3ccccc3)nc(-c3ccc4oc5ccc(-c6ccc7c(c6)c6ccccc6n7-c6ccc7c(c6)c6ccccc6n7-c6ccccc6)cc5c4c3)n2)cc1.c1ccc(-c2nc(-c3ccccc3)nc(-c3ccc4oc5ccc(-c6ccc7c(c6)c6ccccc6n7-c6ccc7c8ccccc8n(-c8ccccc8)c7c6)cc5c4c3)n2)cc1. The van der Waals surface area contributed by atoms with Crippen molar-refractivity contribution < 1.29 is 8.83 Å². The van der Waals surface area contributed by atoms with Crippen LogP contribution in [0.4, 0.5) is 0 Å². The first-order valence-corrected chi connectivity index (χ1v) is 42.4. The van der Waals surface area contributed by atoms with E-state index in [1.54, 1.807) is 0 Å². The zero-order chi connectivity index (χ0) is 82.9. The monoisotopic (exact) mass is 1610 g/mol. The van der Waals surface area contributed by atoms with Crippen molar-refractivity contribution in [3.63, 3.8) is 0 Å². The van der Waals surface area contributed by atoms with Crippen molar-refractivity contribution in [2.75, 3.05) is 0 Å². The van der Waals surface area contributed by atoms with E-state index in [4.69, 9.17) is 38.7 Å². The van der Waals surface area contributed by atoms with Crippen LogP contribution < -0.4 is 0 Å². The van der Waals surface area contributed by atoms with Crippen LogP contribution in [0.15, 0.2) is 433 Å². The van der Waals surface area contributed by atoms with Gasteiger partial charge in [-0.2, -0.15) is 0 Å². The molecule has 0 amide bonds. The summed E-state index contributed by atoms with van der Waals surface area (Å²) in [7, 11) is 0. The molecule has 0 atom stereocenters. The minimum atomic E-state index is 0.609. The highest BCUT2D eigenvalue weighted by Gasteiger charge is 2.24. The highest BCUT2D eigenvalue weighted by atomic mass is 16.3. The fourth-order valence-corrected chi connectivity index (χ4v) is 18.8. The number of para-hydroxylation sites is 6. The van der Waals surface area contributed by atoms with Crippen molar-refractivity contribution >= 4 is 131 Å². The molecule has 0 spiro atoms. The Morgan fingerprint density at radius 2 is 0.365 bits per heavy atom. The lowest BCUT2D eigenvalue weighted by atomic mass is 10.00. The topological polar surface area (TPSA) is 123 Å². The molecule has 0 radical (unpaired) electrons. The zero-order valence-corrected chi connectivity index (χ0v) is 67.7. The van der Waals surface area contributed by atoms with Crippen molar-refractivity contribution in [3.05, 3.63) is 425 Å². The van der Waals surface area contributed by atoms with E-state index in [9.17, 15) is 0 Å². The molecular formula is C114H70N10O2. The molecule has 8 heterocycles. The number of rotatable bonds is 12. The summed E-state index contributed by atoms with van der Waals surface area (Å²) in [6, 6.07) is 149. The molecule has 26 rings (SSSR count). The summed E-state index contributed by atoms with van der Waals surface area (Å²) in [5.41, 5.74) is 27.3. The van der Waals surface area contributed by atoms with Crippen LogP contribution >= 0.6 is 0 Å². The van der Waals surface area contributed by atoms with Gasteiger partial charge in [0.05, 0.1) is 44.1 Å². The van der Waals surface area contributed by atoms with Gasteiger partial charge < -0.3 is 27.1 Å². The van der Waals surface area contributed by atoms with Gasteiger partial charge in [0.1, 0.15) is 22.3 Å². The summed E-state index contributed by atoms with van der Waals surface area (Å²) >= 11 is 0. The lowest BCUT2D eigenvalue weighted by Gasteiger charge is -2.11. The Balaban J connectivity index is 0.000000137. The molecule has 0 saturated heterocycles. The molecule has 18 aromatic carbocycles. The molecular weight excluding hydrogens is 1540 g/mol. The Hall–Kier alpha value is -17.2. The van der Waals surface area contributed by atoms with E-state index in [1.165, 1.54) is 76.2 Å². The highest BCUT2D eigenvalue weighted by Crippen LogP contribution is 2.45. The summed E-state index contributed by atoms with van der Waals surface area (Å²) in [6.45, 7) is 0. The van der Waals surface area contributed by atoms with Crippen molar-refractivity contribution in [2.24, 2.45) is 0 Å². The van der Waals surface area contributed by atoms with Gasteiger partial charge in [0, 0.05) is 121 Å². The van der Waals surface area contributed by atoms with Crippen LogP contribution in [0.2, 0.25) is 0 Å². The van der Waals surface area contributed by atoms with Gasteiger partial charge in [0.15, 0.2) is 34.9 Å². The molecule has 0 aliphatic heterocycles. The summed E-state index contributed by atoms with van der Waals surface area (Å²) in [6.07, 6.45) is 0. The van der Waals surface area contributed by atoms with Crippen molar-refractivity contribution in [2.45, 2.75) is 0 Å². The van der Waals surface area contributed by atoms with Gasteiger partial charge in [-0.25, -0.2) is 29.9 Å². The number of nitrogens with zero attached hydrogens (tertiary/aromatic N) is 10. The normalized spacial score (nSPS) is 11.8. The van der Waals surface area contributed by atoms with Crippen LogP contribution in [0.1, 0.15) is 0 Å². The second-order valence-electron chi connectivity index (χ2n) is 32.1.